The lowest BCUT2D eigenvalue weighted by atomic mass is 9.75. The SMILES string of the molecule is CC.CC(C)C1CCC2(CNC2)CO1. The van der Waals surface area contributed by atoms with Gasteiger partial charge in [-0.05, 0) is 18.8 Å². The molecule has 2 saturated heterocycles. The van der Waals surface area contributed by atoms with E-state index in [-0.39, 0.29) is 0 Å². The molecule has 0 radical (unpaired) electrons. The van der Waals surface area contributed by atoms with Gasteiger partial charge < -0.3 is 10.1 Å². The Morgan fingerprint density at radius 1 is 1.29 bits per heavy atom. The molecule has 1 spiro atoms. The zero-order valence-electron chi connectivity index (χ0n) is 10.1. The molecule has 0 aromatic carbocycles. The third-order valence-electron chi connectivity index (χ3n) is 3.31. The number of hydrogen-bond donors (Lipinski definition) is 1. The van der Waals surface area contributed by atoms with E-state index < -0.39 is 0 Å². The molecule has 0 saturated carbocycles. The molecule has 0 aromatic rings. The van der Waals surface area contributed by atoms with Crippen LogP contribution in [0.3, 0.4) is 0 Å². The number of ether oxygens (including phenoxy) is 1. The minimum Gasteiger partial charge on any atom is -0.377 e. The number of rotatable bonds is 1. The first-order chi connectivity index (χ1) is 6.72. The van der Waals surface area contributed by atoms with Gasteiger partial charge in [-0.1, -0.05) is 27.7 Å². The van der Waals surface area contributed by atoms with Crippen molar-refractivity contribution in [3.05, 3.63) is 0 Å². The first-order valence-corrected chi connectivity index (χ1v) is 6.04. The van der Waals surface area contributed by atoms with Crippen molar-refractivity contribution in [2.75, 3.05) is 19.7 Å². The fourth-order valence-electron chi connectivity index (χ4n) is 2.17. The Kier molecular flexibility index (Phi) is 4.39. The van der Waals surface area contributed by atoms with Crippen molar-refractivity contribution < 1.29 is 4.74 Å². The Morgan fingerprint density at radius 2 is 1.93 bits per heavy atom. The summed E-state index contributed by atoms with van der Waals surface area (Å²) in [6.07, 6.45) is 3.15. The molecule has 0 amide bonds. The summed E-state index contributed by atoms with van der Waals surface area (Å²) < 4.78 is 5.86. The standard InChI is InChI=1S/C10H19NO.C2H6/c1-8(2)9-3-4-10(7-12-9)5-11-6-10;1-2/h8-9,11H,3-7H2,1-2H3;1-2H3. The van der Waals surface area contributed by atoms with Gasteiger partial charge in [0.1, 0.15) is 0 Å². The van der Waals surface area contributed by atoms with Crippen molar-refractivity contribution in [3.63, 3.8) is 0 Å². The Balaban J connectivity index is 0.000000461. The molecule has 2 aliphatic rings. The molecule has 2 heterocycles. The third kappa shape index (κ3) is 2.48. The quantitative estimate of drug-likeness (QED) is 0.700. The van der Waals surface area contributed by atoms with Gasteiger partial charge in [0.2, 0.25) is 0 Å². The average Bonchev–Trinajstić information content (AvgIpc) is 2.19. The summed E-state index contributed by atoms with van der Waals surface area (Å²) in [5.41, 5.74) is 0.533. The van der Waals surface area contributed by atoms with Crippen LogP contribution < -0.4 is 5.32 Å². The molecule has 2 fully saturated rings. The Hall–Kier alpha value is -0.0800. The van der Waals surface area contributed by atoms with Gasteiger partial charge in [-0.25, -0.2) is 0 Å². The average molecular weight is 199 g/mol. The van der Waals surface area contributed by atoms with Gasteiger partial charge in [0.15, 0.2) is 0 Å². The molecule has 2 heteroatoms. The molecule has 1 unspecified atom stereocenters. The minimum atomic E-state index is 0.524. The highest BCUT2D eigenvalue weighted by atomic mass is 16.5. The summed E-state index contributed by atoms with van der Waals surface area (Å²) in [5, 5.41) is 3.34. The normalized spacial score (nSPS) is 29.4. The van der Waals surface area contributed by atoms with Gasteiger partial charge in [0, 0.05) is 18.5 Å². The van der Waals surface area contributed by atoms with Crippen LogP contribution in [0, 0.1) is 11.3 Å². The topological polar surface area (TPSA) is 21.3 Å². The minimum absolute atomic E-state index is 0.524. The van der Waals surface area contributed by atoms with Crippen LogP contribution >= 0.6 is 0 Å². The van der Waals surface area contributed by atoms with E-state index in [1.165, 1.54) is 25.9 Å². The molecule has 0 aliphatic carbocycles. The second-order valence-electron chi connectivity index (χ2n) is 4.74. The van der Waals surface area contributed by atoms with Crippen LogP contribution in [0.2, 0.25) is 0 Å². The maximum atomic E-state index is 5.86. The maximum Gasteiger partial charge on any atom is 0.0598 e. The summed E-state index contributed by atoms with van der Waals surface area (Å²) in [4.78, 5) is 0. The lowest BCUT2D eigenvalue weighted by molar-refractivity contribution is -0.0990. The van der Waals surface area contributed by atoms with E-state index in [4.69, 9.17) is 4.74 Å². The van der Waals surface area contributed by atoms with E-state index in [1.54, 1.807) is 0 Å². The van der Waals surface area contributed by atoms with Gasteiger partial charge in [-0.2, -0.15) is 0 Å². The molecule has 2 aliphatic heterocycles. The molecular formula is C12H25NO. The van der Waals surface area contributed by atoms with E-state index in [0.717, 1.165) is 6.61 Å². The van der Waals surface area contributed by atoms with Gasteiger partial charge >= 0.3 is 0 Å². The van der Waals surface area contributed by atoms with Crippen LogP contribution in [-0.4, -0.2) is 25.8 Å². The van der Waals surface area contributed by atoms with Crippen LogP contribution in [0.1, 0.15) is 40.5 Å². The molecule has 1 N–H and O–H groups in total. The maximum absolute atomic E-state index is 5.86. The summed E-state index contributed by atoms with van der Waals surface area (Å²) in [7, 11) is 0. The number of hydrogen-bond acceptors (Lipinski definition) is 2. The first kappa shape index (κ1) is 12.0. The molecule has 14 heavy (non-hydrogen) atoms. The third-order valence-corrected chi connectivity index (χ3v) is 3.31. The monoisotopic (exact) mass is 199 g/mol. The second-order valence-corrected chi connectivity index (χ2v) is 4.74. The molecule has 0 aromatic heterocycles. The summed E-state index contributed by atoms with van der Waals surface area (Å²) in [5.74, 6) is 0.690. The van der Waals surface area contributed by atoms with Gasteiger partial charge in [-0.15, -0.1) is 0 Å². The molecule has 2 rings (SSSR count). The van der Waals surface area contributed by atoms with Crippen molar-refractivity contribution >= 4 is 0 Å². The van der Waals surface area contributed by atoms with E-state index in [0.29, 0.717) is 17.4 Å². The van der Waals surface area contributed by atoms with Crippen molar-refractivity contribution in [2.45, 2.75) is 46.6 Å². The largest absolute Gasteiger partial charge is 0.377 e. The Morgan fingerprint density at radius 3 is 2.21 bits per heavy atom. The van der Waals surface area contributed by atoms with Crippen molar-refractivity contribution in [1.82, 2.24) is 5.32 Å². The highest BCUT2D eigenvalue weighted by molar-refractivity contribution is 4.95. The van der Waals surface area contributed by atoms with Crippen LogP contribution in [0.25, 0.3) is 0 Å². The smallest absolute Gasteiger partial charge is 0.0598 e. The Labute approximate surface area is 88.4 Å². The molecule has 2 nitrogen and oxygen atoms in total. The van der Waals surface area contributed by atoms with E-state index >= 15 is 0 Å². The van der Waals surface area contributed by atoms with E-state index in [9.17, 15) is 0 Å². The van der Waals surface area contributed by atoms with E-state index in [2.05, 4.69) is 19.2 Å². The summed E-state index contributed by atoms with van der Waals surface area (Å²) >= 11 is 0. The van der Waals surface area contributed by atoms with Crippen LogP contribution in [0.4, 0.5) is 0 Å². The summed E-state index contributed by atoms with van der Waals surface area (Å²) in [6.45, 7) is 11.8. The van der Waals surface area contributed by atoms with Crippen LogP contribution in [-0.2, 0) is 4.74 Å². The highest BCUT2D eigenvalue weighted by Gasteiger charge is 2.41. The van der Waals surface area contributed by atoms with Gasteiger partial charge in [-0.3, -0.25) is 0 Å². The first-order valence-electron chi connectivity index (χ1n) is 6.04. The predicted octanol–water partition coefficient (Wildman–Crippen LogP) is 2.44. The zero-order valence-corrected chi connectivity index (χ0v) is 10.1. The highest BCUT2D eigenvalue weighted by Crippen LogP contribution is 2.36. The summed E-state index contributed by atoms with van der Waals surface area (Å²) in [6, 6.07) is 0. The van der Waals surface area contributed by atoms with Crippen molar-refractivity contribution in [3.8, 4) is 0 Å². The van der Waals surface area contributed by atoms with Gasteiger partial charge in [0.05, 0.1) is 12.7 Å². The van der Waals surface area contributed by atoms with Crippen molar-refractivity contribution in [2.24, 2.45) is 11.3 Å². The van der Waals surface area contributed by atoms with Gasteiger partial charge in [0.25, 0.3) is 0 Å². The second kappa shape index (κ2) is 5.13. The van der Waals surface area contributed by atoms with E-state index in [1.807, 2.05) is 13.8 Å². The number of nitrogens with one attached hydrogen (secondary N) is 1. The molecule has 1 atom stereocenters. The fraction of sp³-hybridized carbons (Fsp3) is 1.00. The fourth-order valence-corrected chi connectivity index (χ4v) is 2.17. The predicted molar refractivity (Wildman–Crippen MR) is 60.5 cm³/mol. The lowest BCUT2D eigenvalue weighted by Crippen LogP contribution is -2.58. The lowest BCUT2D eigenvalue weighted by Gasteiger charge is -2.47. The molecule has 84 valence electrons. The Bertz CT molecular complexity index is 154. The molecule has 0 bridgehead atoms. The van der Waals surface area contributed by atoms with Crippen LogP contribution in [0.5, 0.6) is 0 Å². The van der Waals surface area contributed by atoms with Crippen molar-refractivity contribution in [1.29, 1.82) is 0 Å². The van der Waals surface area contributed by atoms with Crippen LogP contribution in [0.15, 0.2) is 0 Å². The zero-order chi connectivity index (χ0) is 10.6. The molecular weight excluding hydrogens is 174 g/mol.